The van der Waals surface area contributed by atoms with E-state index in [9.17, 15) is 0 Å². The Balaban J connectivity index is 2.40. The molecule has 2 N–H and O–H groups in total. The van der Waals surface area contributed by atoms with Crippen molar-refractivity contribution in [1.29, 1.82) is 0 Å². The summed E-state index contributed by atoms with van der Waals surface area (Å²) < 4.78 is 0. The predicted octanol–water partition coefficient (Wildman–Crippen LogP) is 2.41. The predicted molar refractivity (Wildman–Crippen MR) is 49.3 cm³/mol. The fourth-order valence-electron chi connectivity index (χ4n) is 2.00. The van der Waals surface area contributed by atoms with Gasteiger partial charge in [-0.15, -0.1) is 0 Å². The minimum Gasteiger partial charge on any atom is -0.327 e. The molecule has 1 rings (SSSR count). The van der Waals surface area contributed by atoms with E-state index in [1.54, 1.807) is 0 Å². The summed E-state index contributed by atoms with van der Waals surface area (Å²) >= 11 is 0. The molecule has 1 aliphatic carbocycles. The van der Waals surface area contributed by atoms with Crippen molar-refractivity contribution < 1.29 is 0 Å². The average Bonchev–Trinajstić information content (AvgIpc) is 1.94. The van der Waals surface area contributed by atoms with E-state index in [0.717, 1.165) is 17.8 Å². The largest absolute Gasteiger partial charge is 0.327 e. The van der Waals surface area contributed by atoms with Gasteiger partial charge in [-0.25, -0.2) is 0 Å². The zero-order valence-electron chi connectivity index (χ0n) is 8.01. The highest BCUT2D eigenvalue weighted by Gasteiger charge is 2.26. The first kappa shape index (κ1) is 9.05. The molecule has 0 radical (unpaired) electrons. The van der Waals surface area contributed by atoms with E-state index in [2.05, 4.69) is 20.8 Å². The topological polar surface area (TPSA) is 26.0 Å². The smallest absolute Gasteiger partial charge is 0.00672 e. The van der Waals surface area contributed by atoms with Gasteiger partial charge in [0.05, 0.1) is 0 Å². The molecule has 3 atom stereocenters. The highest BCUT2D eigenvalue weighted by atomic mass is 14.7. The van der Waals surface area contributed by atoms with Crippen molar-refractivity contribution in [2.24, 2.45) is 23.5 Å². The van der Waals surface area contributed by atoms with Crippen molar-refractivity contribution >= 4 is 0 Å². The van der Waals surface area contributed by atoms with Crippen LogP contribution in [0.1, 0.15) is 40.0 Å². The number of nitrogens with two attached hydrogens (primary N) is 1. The zero-order valence-corrected chi connectivity index (χ0v) is 8.01. The third-order valence-corrected chi connectivity index (χ3v) is 3.24. The van der Waals surface area contributed by atoms with Crippen LogP contribution in [0.5, 0.6) is 0 Å². The molecule has 0 saturated heterocycles. The van der Waals surface area contributed by atoms with E-state index in [-0.39, 0.29) is 0 Å². The number of hydrogen-bond donors (Lipinski definition) is 1. The molecule has 0 aromatic rings. The molecule has 0 bridgehead atoms. The minimum absolute atomic E-state index is 0.469. The van der Waals surface area contributed by atoms with E-state index < -0.39 is 0 Å². The average molecular weight is 155 g/mol. The maximum absolute atomic E-state index is 6.01. The molecule has 0 unspecified atom stereocenters. The van der Waals surface area contributed by atoms with Crippen molar-refractivity contribution in [3.8, 4) is 0 Å². The Hall–Kier alpha value is -0.0400. The standard InChI is InChI=1S/C10H21N/c1-7(2)9-5-4-8(3)10(11)6-9/h7-10H,4-6,11H2,1-3H3/t8-,9-,10-/m1/s1. The van der Waals surface area contributed by atoms with Gasteiger partial charge in [0.2, 0.25) is 0 Å². The molecule has 0 heterocycles. The lowest BCUT2D eigenvalue weighted by Crippen LogP contribution is -2.36. The summed E-state index contributed by atoms with van der Waals surface area (Å²) in [5.74, 6) is 2.47. The quantitative estimate of drug-likeness (QED) is 0.618. The van der Waals surface area contributed by atoms with Gasteiger partial charge in [0.15, 0.2) is 0 Å². The molecule has 0 aliphatic heterocycles. The van der Waals surface area contributed by atoms with Crippen LogP contribution in [0.2, 0.25) is 0 Å². The summed E-state index contributed by atoms with van der Waals surface area (Å²) in [6, 6.07) is 0.469. The van der Waals surface area contributed by atoms with E-state index in [4.69, 9.17) is 5.73 Å². The molecule has 11 heavy (non-hydrogen) atoms. The van der Waals surface area contributed by atoms with Gasteiger partial charge in [-0.3, -0.25) is 0 Å². The Morgan fingerprint density at radius 2 is 1.91 bits per heavy atom. The van der Waals surface area contributed by atoms with Gasteiger partial charge in [0, 0.05) is 6.04 Å². The van der Waals surface area contributed by atoms with Crippen LogP contribution in [0, 0.1) is 17.8 Å². The molecule has 0 amide bonds. The van der Waals surface area contributed by atoms with Crippen LogP contribution < -0.4 is 5.73 Å². The summed E-state index contributed by atoms with van der Waals surface area (Å²) in [6.45, 7) is 6.90. The first-order chi connectivity index (χ1) is 5.11. The Kier molecular flexibility index (Phi) is 2.94. The van der Waals surface area contributed by atoms with Crippen LogP contribution in [0.4, 0.5) is 0 Å². The monoisotopic (exact) mass is 155 g/mol. The summed E-state index contributed by atoms with van der Waals surface area (Å²) in [5.41, 5.74) is 6.01. The summed E-state index contributed by atoms with van der Waals surface area (Å²) in [5, 5.41) is 0. The van der Waals surface area contributed by atoms with Gasteiger partial charge < -0.3 is 5.73 Å². The SMILES string of the molecule is CC(C)[C@@H]1CC[C@@H](C)[C@H](N)C1. The van der Waals surface area contributed by atoms with E-state index in [0.29, 0.717) is 6.04 Å². The lowest BCUT2D eigenvalue weighted by Gasteiger charge is -2.33. The number of rotatable bonds is 1. The Morgan fingerprint density at radius 3 is 2.36 bits per heavy atom. The maximum atomic E-state index is 6.01. The highest BCUT2D eigenvalue weighted by Crippen LogP contribution is 2.32. The molecule has 1 aliphatic rings. The lowest BCUT2D eigenvalue weighted by atomic mass is 9.75. The molecule has 1 heteroatoms. The Labute approximate surface area is 70.4 Å². The Morgan fingerprint density at radius 1 is 1.27 bits per heavy atom. The number of hydrogen-bond acceptors (Lipinski definition) is 1. The second-order valence-corrected chi connectivity index (χ2v) is 4.46. The second-order valence-electron chi connectivity index (χ2n) is 4.46. The van der Waals surface area contributed by atoms with Gasteiger partial charge in [0.1, 0.15) is 0 Å². The first-order valence-corrected chi connectivity index (χ1v) is 4.87. The molecule has 1 fully saturated rings. The summed E-state index contributed by atoms with van der Waals surface area (Å²) in [4.78, 5) is 0. The molecular formula is C10H21N. The fourth-order valence-corrected chi connectivity index (χ4v) is 2.00. The van der Waals surface area contributed by atoms with E-state index in [1.165, 1.54) is 19.3 Å². The van der Waals surface area contributed by atoms with Crippen LogP contribution in [0.15, 0.2) is 0 Å². The molecule has 0 aromatic carbocycles. The second kappa shape index (κ2) is 3.57. The molecular weight excluding hydrogens is 134 g/mol. The third-order valence-electron chi connectivity index (χ3n) is 3.24. The summed E-state index contributed by atoms with van der Waals surface area (Å²) in [6.07, 6.45) is 3.98. The summed E-state index contributed by atoms with van der Waals surface area (Å²) in [7, 11) is 0. The van der Waals surface area contributed by atoms with E-state index >= 15 is 0 Å². The Bertz CT molecular complexity index is 120. The van der Waals surface area contributed by atoms with Crippen molar-refractivity contribution in [1.82, 2.24) is 0 Å². The molecule has 66 valence electrons. The van der Waals surface area contributed by atoms with Crippen molar-refractivity contribution in [2.75, 3.05) is 0 Å². The fraction of sp³-hybridized carbons (Fsp3) is 1.00. The molecule has 0 aromatic heterocycles. The molecule has 1 nitrogen and oxygen atoms in total. The van der Waals surface area contributed by atoms with Crippen molar-refractivity contribution in [2.45, 2.75) is 46.1 Å². The molecule has 1 saturated carbocycles. The third kappa shape index (κ3) is 2.19. The minimum atomic E-state index is 0.469. The van der Waals surface area contributed by atoms with Crippen molar-refractivity contribution in [3.05, 3.63) is 0 Å². The molecule has 0 spiro atoms. The van der Waals surface area contributed by atoms with Crippen molar-refractivity contribution in [3.63, 3.8) is 0 Å². The van der Waals surface area contributed by atoms with Crippen LogP contribution in [-0.2, 0) is 0 Å². The van der Waals surface area contributed by atoms with Gasteiger partial charge in [0.25, 0.3) is 0 Å². The van der Waals surface area contributed by atoms with E-state index in [1.807, 2.05) is 0 Å². The van der Waals surface area contributed by atoms with Crippen LogP contribution >= 0.6 is 0 Å². The van der Waals surface area contributed by atoms with Crippen LogP contribution in [0.3, 0.4) is 0 Å². The van der Waals surface area contributed by atoms with Crippen LogP contribution in [0.25, 0.3) is 0 Å². The van der Waals surface area contributed by atoms with Gasteiger partial charge in [-0.1, -0.05) is 20.8 Å². The normalized spacial score (nSPS) is 39.5. The van der Waals surface area contributed by atoms with Gasteiger partial charge >= 0.3 is 0 Å². The highest BCUT2D eigenvalue weighted by molar-refractivity contribution is 4.81. The zero-order chi connectivity index (χ0) is 8.43. The van der Waals surface area contributed by atoms with Gasteiger partial charge in [-0.05, 0) is 37.0 Å². The van der Waals surface area contributed by atoms with Crippen LogP contribution in [-0.4, -0.2) is 6.04 Å². The lowest BCUT2D eigenvalue weighted by molar-refractivity contribution is 0.206. The maximum Gasteiger partial charge on any atom is 0.00672 e. The first-order valence-electron chi connectivity index (χ1n) is 4.87. The van der Waals surface area contributed by atoms with Gasteiger partial charge in [-0.2, -0.15) is 0 Å².